The van der Waals surface area contributed by atoms with Gasteiger partial charge < -0.3 is 15.4 Å². The number of nitrogens with one attached hydrogen (secondary N) is 2. The quantitative estimate of drug-likeness (QED) is 0.422. The normalized spacial score (nSPS) is 26.4. The van der Waals surface area contributed by atoms with Gasteiger partial charge in [0.05, 0.1) is 6.61 Å². The van der Waals surface area contributed by atoms with E-state index in [2.05, 4.69) is 15.4 Å². The molecule has 1 rings (SSSR count). The van der Waals surface area contributed by atoms with Crippen molar-refractivity contribution in [3.63, 3.8) is 0 Å². The summed E-state index contributed by atoms with van der Waals surface area (Å²) in [6.07, 6.45) is 0. The van der Waals surface area contributed by atoms with Gasteiger partial charge in [0.2, 0.25) is 11.9 Å². The monoisotopic (exact) mass is 200 g/mol. The van der Waals surface area contributed by atoms with Crippen LogP contribution < -0.4 is 10.6 Å². The smallest absolute Gasteiger partial charge is 0.338 e. The first-order chi connectivity index (χ1) is 6.56. The fourth-order valence-electron chi connectivity index (χ4n) is 1.09. The van der Waals surface area contributed by atoms with Crippen LogP contribution in [0.1, 0.15) is 13.8 Å². The van der Waals surface area contributed by atoms with Crippen LogP contribution in [0.15, 0.2) is 0 Å². The SMILES string of the molecule is CCOC(=O)C1NC(=O)C(C)NC1=O. The molecule has 2 amide bonds. The molecule has 1 aliphatic rings. The number of carbonyl (C=O) groups is 3. The van der Waals surface area contributed by atoms with Crippen LogP contribution in [0.3, 0.4) is 0 Å². The van der Waals surface area contributed by atoms with Crippen molar-refractivity contribution in [2.45, 2.75) is 25.9 Å². The second kappa shape index (κ2) is 4.08. The molecule has 0 aromatic rings. The molecule has 0 bridgehead atoms. The predicted molar refractivity (Wildman–Crippen MR) is 46.2 cm³/mol. The minimum atomic E-state index is -1.21. The summed E-state index contributed by atoms with van der Waals surface area (Å²) < 4.78 is 4.62. The van der Waals surface area contributed by atoms with Crippen molar-refractivity contribution < 1.29 is 19.1 Å². The third-order valence-corrected chi connectivity index (χ3v) is 1.82. The predicted octanol–water partition coefficient (Wildman–Crippen LogP) is -1.45. The highest BCUT2D eigenvalue weighted by Crippen LogP contribution is 1.98. The highest BCUT2D eigenvalue weighted by molar-refractivity contribution is 6.09. The molecule has 0 radical (unpaired) electrons. The average Bonchev–Trinajstić information content (AvgIpc) is 2.11. The lowest BCUT2D eigenvalue weighted by molar-refractivity contribution is -0.153. The topological polar surface area (TPSA) is 84.5 Å². The summed E-state index contributed by atoms with van der Waals surface area (Å²) in [5.74, 6) is -1.65. The van der Waals surface area contributed by atoms with Crippen LogP contribution in [0.25, 0.3) is 0 Å². The Morgan fingerprint density at radius 2 is 2.00 bits per heavy atom. The molecule has 2 atom stereocenters. The second-order valence-corrected chi connectivity index (χ2v) is 2.92. The summed E-state index contributed by atoms with van der Waals surface area (Å²) in [6, 6.07) is -1.81. The van der Waals surface area contributed by atoms with Crippen LogP contribution in [0.5, 0.6) is 0 Å². The molecule has 1 saturated heterocycles. The molecule has 0 saturated carbocycles. The highest BCUT2D eigenvalue weighted by Gasteiger charge is 2.36. The molecular weight excluding hydrogens is 188 g/mol. The minimum absolute atomic E-state index is 0.175. The molecule has 2 N–H and O–H groups in total. The lowest BCUT2D eigenvalue weighted by Gasteiger charge is -2.25. The molecule has 0 spiro atoms. The van der Waals surface area contributed by atoms with Crippen LogP contribution >= 0.6 is 0 Å². The molecule has 78 valence electrons. The van der Waals surface area contributed by atoms with Crippen molar-refractivity contribution in [3.8, 4) is 0 Å². The second-order valence-electron chi connectivity index (χ2n) is 2.92. The Labute approximate surface area is 81.0 Å². The molecule has 6 nitrogen and oxygen atoms in total. The third kappa shape index (κ3) is 2.01. The average molecular weight is 200 g/mol. The van der Waals surface area contributed by atoms with E-state index in [9.17, 15) is 14.4 Å². The largest absolute Gasteiger partial charge is 0.464 e. The maximum atomic E-state index is 11.2. The van der Waals surface area contributed by atoms with Crippen molar-refractivity contribution >= 4 is 17.8 Å². The molecule has 1 fully saturated rings. The Balaban J connectivity index is 2.66. The van der Waals surface area contributed by atoms with Crippen LogP contribution in [-0.4, -0.2) is 36.5 Å². The van der Waals surface area contributed by atoms with Crippen molar-refractivity contribution in [2.75, 3.05) is 6.61 Å². The molecule has 14 heavy (non-hydrogen) atoms. The number of carbonyl (C=O) groups excluding carboxylic acids is 3. The zero-order valence-corrected chi connectivity index (χ0v) is 7.99. The third-order valence-electron chi connectivity index (χ3n) is 1.82. The van der Waals surface area contributed by atoms with E-state index >= 15 is 0 Å². The van der Waals surface area contributed by atoms with E-state index in [4.69, 9.17) is 0 Å². The number of amides is 2. The minimum Gasteiger partial charge on any atom is -0.464 e. The molecule has 1 heterocycles. The van der Waals surface area contributed by atoms with Gasteiger partial charge in [0.1, 0.15) is 6.04 Å². The van der Waals surface area contributed by atoms with E-state index in [1.165, 1.54) is 6.92 Å². The fraction of sp³-hybridized carbons (Fsp3) is 0.625. The van der Waals surface area contributed by atoms with E-state index < -0.39 is 24.0 Å². The lowest BCUT2D eigenvalue weighted by Crippen LogP contribution is -2.63. The lowest BCUT2D eigenvalue weighted by atomic mass is 10.1. The van der Waals surface area contributed by atoms with Gasteiger partial charge in [0.25, 0.3) is 5.91 Å². The summed E-state index contributed by atoms with van der Waals surface area (Å²) in [4.78, 5) is 33.5. The Morgan fingerprint density at radius 3 is 2.57 bits per heavy atom. The molecular formula is C8H12N2O4. The van der Waals surface area contributed by atoms with Crippen molar-refractivity contribution in [1.82, 2.24) is 10.6 Å². The van der Waals surface area contributed by atoms with Crippen LogP contribution in [0.4, 0.5) is 0 Å². The van der Waals surface area contributed by atoms with Gasteiger partial charge in [-0.3, -0.25) is 9.59 Å². The standard InChI is InChI=1S/C8H12N2O4/c1-3-14-8(13)5-7(12)9-4(2)6(11)10-5/h4-5H,3H2,1-2H3,(H,9,12)(H,10,11). The first-order valence-electron chi connectivity index (χ1n) is 4.33. The van der Waals surface area contributed by atoms with E-state index in [1.54, 1.807) is 6.92 Å². The Hall–Kier alpha value is -1.59. The molecule has 0 aromatic carbocycles. The number of esters is 1. The van der Waals surface area contributed by atoms with Gasteiger partial charge in [-0.25, -0.2) is 4.79 Å². The summed E-state index contributed by atoms with van der Waals surface area (Å²) in [7, 11) is 0. The summed E-state index contributed by atoms with van der Waals surface area (Å²) in [5.41, 5.74) is 0. The van der Waals surface area contributed by atoms with Crippen LogP contribution in [0, 0.1) is 0 Å². The fourth-order valence-corrected chi connectivity index (χ4v) is 1.09. The maximum Gasteiger partial charge on any atom is 0.338 e. The number of rotatable bonds is 2. The molecule has 1 aliphatic heterocycles. The van der Waals surface area contributed by atoms with Gasteiger partial charge >= 0.3 is 5.97 Å². The van der Waals surface area contributed by atoms with E-state index in [-0.39, 0.29) is 12.5 Å². The Kier molecular flexibility index (Phi) is 3.06. The van der Waals surface area contributed by atoms with Gasteiger partial charge in [-0.15, -0.1) is 0 Å². The summed E-state index contributed by atoms with van der Waals surface area (Å²) >= 11 is 0. The zero-order valence-electron chi connectivity index (χ0n) is 7.99. The van der Waals surface area contributed by atoms with Gasteiger partial charge in [-0.2, -0.15) is 0 Å². The summed E-state index contributed by atoms with van der Waals surface area (Å²) in [6.45, 7) is 3.34. The molecule has 0 aliphatic carbocycles. The van der Waals surface area contributed by atoms with Crippen LogP contribution in [0.2, 0.25) is 0 Å². The highest BCUT2D eigenvalue weighted by atomic mass is 16.5. The van der Waals surface area contributed by atoms with Crippen molar-refractivity contribution in [3.05, 3.63) is 0 Å². The van der Waals surface area contributed by atoms with E-state index in [0.717, 1.165) is 0 Å². The van der Waals surface area contributed by atoms with Crippen molar-refractivity contribution in [1.29, 1.82) is 0 Å². The first kappa shape index (κ1) is 10.5. The maximum absolute atomic E-state index is 11.2. The summed E-state index contributed by atoms with van der Waals surface area (Å²) in [5, 5.41) is 4.64. The van der Waals surface area contributed by atoms with E-state index in [1.807, 2.05) is 0 Å². The van der Waals surface area contributed by atoms with Crippen LogP contribution in [-0.2, 0) is 19.1 Å². The number of ether oxygens (including phenoxy) is 1. The number of hydrogen-bond donors (Lipinski definition) is 2. The van der Waals surface area contributed by atoms with Gasteiger partial charge in [-0.1, -0.05) is 0 Å². The molecule has 0 aromatic heterocycles. The van der Waals surface area contributed by atoms with Crippen molar-refractivity contribution in [2.24, 2.45) is 0 Å². The Morgan fingerprint density at radius 1 is 1.36 bits per heavy atom. The first-order valence-corrected chi connectivity index (χ1v) is 4.33. The molecule has 2 unspecified atom stereocenters. The van der Waals surface area contributed by atoms with E-state index in [0.29, 0.717) is 0 Å². The zero-order chi connectivity index (χ0) is 10.7. The number of piperazine rings is 1. The van der Waals surface area contributed by atoms with Gasteiger partial charge in [0.15, 0.2) is 0 Å². The van der Waals surface area contributed by atoms with Gasteiger partial charge in [-0.05, 0) is 13.8 Å². The molecule has 6 heteroatoms. The van der Waals surface area contributed by atoms with Gasteiger partial charge in [0, 0.05) is 0 Å². The number of hydrogen-bond acceptors (Lipinski definition) is 4. The Bertz CT molecular complexity index is 269.